The minimum atomic E-state index is -4.18. The van der Waals surface area contributed by atoms with Crippen LogP contribution in [0.5, 0.6) is 0 Å². The smallest absolute Gasteiger partial charge is 0.335 e. The number of carbonyl (C=O) groups excluding carboxylic acids is 1. The molecule has 8 heteroatoms. The lowest BCUT2D eigenvalue weighted by atomic mass is 9.85. The Labute approximate surface area is 140 Å². The average molecular weight is 346 g/mol. The molecule has 24 heavy (non-hydrogen) atoms. The maximum Gasteiger partial charge on any atom is 0.391 e. The molecule has 0 spiro atoms. The van der Waals surface area contributed by atoms with E-state index in [1.54, 1.807) is 22.8 Å². The minimum Gasteiger partial charge on any atom is -0.335 e. The van der Waals surface area contributed by atoms with Gasteiger partial charge in [0.1, 0.15) is 0 Å². The Balaban J connectivity index is 1.94. The molecule has 2 atom stereocenters. The molecule has 1 heterocycles. The highest BCUT2D eigenvalue weighted by Crippen LogP contribution is 2.37. The number of aryl methyl sites for hydroxylation is 1. The van der Waals surface area contributed by atoms with E-state index in [4.69, 9.17) is 0 Å². The highest BCUT2D eigenvalue weighted by Gasteiger charge is 2.42. The number of urea groups is 1. The maximum absolute atomic E-state index is 12.9. The normalized spacial score (nSPS) is 21.5. The van der Waals surface area contributed by atoms with Crippen LogP contribution in [0.2, 0.25) is 0 Å². The van der Waals surface area contributed by atoms with Gasteiger partial charge in [0.25, 0.3) is 0 Å². The van der Waals surface area contributed by atoms with E-state index in [1.807, 2.05) is 13.1 Å². The van der Waals surface area contributed by atoms with Crippen molar-refractivity contribution in [2.45, 2.75) is 57.8 Å². The largest absolute Gasteiger partial charge is 0.391 e. The lowest BCUT2D eigenvalue weighted by molar-refractivity contribution is -0.183. The topological polar surface area (TPSA) is 50.2 Å². The molecule has 2 amide bonds. The van der Waals surface area contributed by atoms with Gasteiger partial charge in [-0.25, -0.2) is 4.79 Å². The van der Waals surface area contributed by atoms with Crippen molar-refractivity contribution in [2.24, 2.45) is 13.0 Å². The minimum absolute atomic E-state index is 0.0257. The molecule has 136 valence electrons. The molecule has 0 aliphatic heterocycles. The average Bonchev–Trinajstić information content (AvgIpc) is 2.91. The van der Waals surface area contributed by atoms with Crippen LogP contribution in [0.25, 0.3) is 0 Å². The van der Waals surface area contributed by atoms with Crippen LogP contribution in [0, 0.1) is 5.92 Å². The number of hydrogen-bond donors (Lipinski definition) is 1. The van der Waals surface area contributed by atoms with E-state index in [-0.39, 0.29) is 18.9 Å². The molecular weight excluding hydrogens is 321 g/mol. The number of hydrogen-bond acceptors (Lipinski definition) is 2. The summed E-state index contributed by atoms with van der Waals surface area (Å²) in [6.45, 7) is 2.92. The van der Waals surface area contributed by atoms with E-state index in [2.05, 4.69) is 10.4 Å². The SMILES string of the molecule is CCCN(Cc1cnn(C)c1)C(=O)NC1CCCC(C(F)(F)F)C1. The molecule has 1 aliphatic rings. The molecule has 1 N–H and O–H groups in total. The molecule has 0 saturated heterocycles. The molecule has 0 aromatic carbocycles. The Bertz CT molecular complexity index is 544. The second kappa shape index (κ2) is 7.90. The van der Waals surface area contributed by atoms with E-state index in [1.165, 1.54) is 0 Å². The Morgan fingerprint density at radius 3 is 2.79 bits per heavy atom. The summed E-state index contributed by atoms with van der Waals surface area (Å²) < 4.78 is 40.3. The lowest BCUT2D eigenvalue weighted by Gasteiger charge is -2.32. The fourth-order valence-corrected chi connectivity index (χ4v) is 3.18. The van der Waals surface area contributed by atoms with Crippen molar-refractivity contribution in [3.05, 3.63) is 18.0 Å². The fourth-order valence-electron chi connectivity index (χ4n) is 3.18. The zero-order valence-electron chi connectivity index (χ0n) is 14.1. The Kier molecular flexibility index (Phi) is 6.12. The molecule has 1 aliphatic carbocycles. The highest BCUT2D eigenvalue weighted by atomic mass is 19.4. The highest BCUT2D eigenvalue weighted by molar-refractivity contribution is 5.74. The number of rotatable bonds is 5. The number of carbonyl (C=O) groups is 1. The molecular formula is C16H25F3N4O. The number of alkyl halides is 3. The summed E-state index contributed by atoms with van der Waals surface area (Å²) in [5, 5.41) is 6.87. The first-order valence-corrected chi connectivity index (χ1v) is 8.39. The number of nitrogens with zero attached hydrogens (tertiary/aromatic N) is 3. The monoisotopic (exact) mass is 346 g/mol. The van der Waals surface area contributed by atoms with Gasteiger partial charge in [0.2, 0.25) is 0 Å². The number of nitrogens with one attached hydrogen (secondary N) is 1. The first kappa shape index (κ1) is 18.6. The predicted molar refractivity (Wildman–Crippen MR) is 84.2 cm³/mol. The summed E-state index contributed by atoms with van der Waals surface area (Å²) in [6.07, 6.45) is 1.35. The third-order valence-corrected chi connectivity index (χ3v) is 4.38. The summed E-state index contributed by atoms with van der Waals surface area (Å²) in [7, 11) is 1.80. The second-order valence-electron chi connectivity index (χ2n) is 6.50. The third-order valence-electron chi connectivity index (χ3n) is 4.38. The molecule has 1 fully saturated rings. The van der Waals surface area contributed by atoms with E-state index in [0.717, 1.165) is 12.0 Å². The van der Waals surface area contributed by atoms with Crippen LogP contribution in [0.3, 0.4) is 0 Å². The van der Waals surface area contributed by atoms with Crippen LogP contribution in [0.1, 0.15) is 44.6 Å². The molecule has 1 aromatic heterocycles. The molecule has 1 saturated carbocycles. The third kappa shape index (κ3) is 5.14. The van der Waals surface area contributed by atoms with Crippen molar-refractivity contribution >= 4 is 6.03 Å². The van der Waals surface area contributed by atoms with Crippen molar-refractivity contribution in [2.75, 3.05) is 6.54 Å². The van der Waals surface area contributed by atoms with Crippen molar-refractivity contribution < 1.29 is 18.0 Å². The van der Waals surface area contributed by atoms with Gasteiger partial charge in [-0.1, -0.05) is 13.3 Å². The summed E-state index contributed by atoms with van der Waals surface area (Å²) in [5.41, 5.74) is 0.901. The van der Waals surface area contributed by atoms with Crippen molar-refractivity contribution in [3.63, 3.8) is 0 Å². The van der Waals surface area contributed by atoms with Gasteiger partial charge in [-0.05, 0) is 25.7 Å². The van der Waals surface area contributed by atoms with Gasteiger partial charge in [-0.3, -0.25) is 4.68 Å². The van der Waals surface area contributed by atoms with Crippen molar-refractivity contribution in [1.29, 1.82) is 0 Å². The van der Waals surface area contributed by atoms with Crippen LogP contribution in [-0.2, 0) is 13.6 Å². The first-order chi connectivity index (χ1) is 11.3. The van der Waals surface area contributed by atoms with Gasteiger partial charge in [0.05, 0.1) is 18.7 Å². The van der Waals surface area contributed by atoms with Crippen molar-refractivity contribution in [3.8, 4) is 0 Å². The van der Waals surface area contributed by atoms with E-state index >= 15 is 0 Å². The zero-order valence-corrected chi connectivity index (χ0v) is 14.1. The Morgan fingerprint density at radius 1 is 1.46 bits per heavy atom. The van der Waals surface area contributed by atoms with Crippen LogP contribution >= 0.6 is 0 Å². The number of halogens is 3. The lowest BCUT2D eigenvalue weighted by Crippen LogP contribution is -2.47. The number of amides is 2. The maximum atomic E-state index is 12.9. The van der Waals surface area contributed by atoms with E-state index in [0.29, 0.717) is 25.9 Å². The molecule has 0 radical (unpaired) electrons. The molecule has 1 aromatic rings. The molecule has 2 unspecified atom stereocenters. The molecule has 2 rings (SSSR count). The summed E-state index contributed by atoms with van der Waals surface area (Å²) in [5.74, 6) is -1.31. The van der Waals surface area contributed by atoms with Crippen LogP contribution in [-0.4, -0.2) is 39.5 Å². The van der Waals surface area contributed by atoms with Gasteiger partial charge in [0, 0.05) is 31.4 Å². The number of aromatic nitrogens is 2. The first-order valence-electron chi connectivity index (χ1n) is 8.39. The second-order valence-corrected chi connectivity index (χ2v) is 6.50. The van der Waals surface area contributed by atoms with E-state index in [9.17, 15) is 18.0 Å². The van der Waals surface area contributed by atoms with Gasteiger partial charge in [-0.15, -0.1) is 0 Å². The Morgan fingerprint density at radius 2 is 2.21 bits per heavy atom. The van der Waals surface area contributed by atoms with Gasteiger partial charge in [-0.2, -0.15) is 18.3 Å². The molecule has 0 bridgehead atoms. The Hall–Kier alpha value is -1.73. The predicted octanol–water partition coefficient (Wildman–Crippen LogP) is 3.46. The summed E-state index contributed by atoms with van der Waals surface area (Å²) >= 11 is 0. The summed E-state index contributed by atoms with van der Waals surface area (Å²) in [4.78, 5) is 14.1. The quantitative estimate of drug-likeness (QED) is 0.888. The van der Waals surface area contributed by atoms with Crippen LogP contribution in [0.4, 0.5) is 18.0 Å². The van der Waals surface area contributed by atoms with Gasteiger partial charge in [0.15, 0.2) is 0 Å². The molecule has 5 nitrogen and oxygen atoms in total. The van der Waals surface area contributed by atoms with Crippen LogP contribution < -0.4 is 5.32 Å². The summed E-state index contributed by atoms with van der Waals surface area (Å²) in [6, 6.07) is -0.709. The van der Waals surface area contributed by atoms with Crippen LogP contribution in [0.15, 0.2) is 12.4 Å². The van der Waals surface area contributed by atoms with E-state index < -0.39 is 18.1 Å². The fraction of sp³-hybridized carbons (Fsp3) is 0.750. The standard InChI is InChI=1S/C16H25F3N4O/c1-3-7-23(11-12-9-20-22(2)10-12)15(24)21-14-6-4-5-13(8-14)16(17,18)19/h9-10,13-14H,3-8,11H2,1-2H3,(H,21,24). The van der Waals surface area contributed by atoms with Gasteiger partial charge >= 0.3 is 12.2 Å². The van der Waals surface area contributed by atoms with Crippen molar-refractivity contribution in [1.82, 2.24) is 20.0 Å². The van der Waals surface area contributed by atoms with Gasteiger partial charge < -0.3 is 10.2 Å². The zero-order chi connectivity index (χ0) is 17.7.